The summed E-state index contributed by atoms with van der Waals surface area (Å²) < 4.78 is 0. The smallest absolute Gasteiger partial charge is 0.303 e. The largest absolute Gasteiger partial charge is 0.481 e. The number of allylic oxidation sites excluding steroid dienone is 1. The molecule has 0 rings (SSSR count). The lowest BCUT2D eigenvalue weighted by molar-refractivity contribution is -0.137. The molecule has 7 nitrogen and oxygen atoms in total. The normalized spacial score (nSPS) is 12.6. The summed E-state index contributed by atoms with van der Waals surface area (Å²) in [7, 11) is 0. The fourth-order valence-corrected chi connectivity index (χ4v) is 3.37. The molecule has 0 amide bonds. The predicted octanol–water partition coefficient (Wildman–Crippen LogP) is 2.79. The van der Waals surface area contributed by atoms with Crippen LogP contribution < -0.4 is 21.7 Å². The summed E-state index contributed by atoms with van der Waals surface area (Å²) in [6.07, 6.45) is 17.0. The zero-order chi connectivity index (χ0) is 22.8. The van der Waals surface area contributed by atoms with Gasteiger partial charge in [0, 0.05) is 45.7 Å². The molecule has 1 atom stereocenters. The zero-order valence-electron chi connectivity index (χ0n) is 19.8. The van der Waals surface area contributed by atoms with E-state index < -0.39 is 5.97 Å². The third kappa shape index (κ3) is 27.0. The standard InChI is InChI=1S/C24H50N4O3/c25-16-18-27-20-22-28-21-19-26-17-12-8-7-10-14-23(29)13-9-5-3-1-2-4-6-11-15-24(30)31/h5,9,23,26-29H,1-4,6-8,10-22,25H2,(H,30,31)/b9-5-/t23-/m0/s1. The molecule has 0 heterocycles. The maximum Gasteiger partial charge on any atom is 0.303 e. The fraction of sp³-hybridized carbons (Fsp3) is 0.875. The van der Waals surface area contributed by atoms with Crippen molar-refractivity contribution in [3.05, 3.63) is 12.2 Å². The number of hydrogen-bond donors (Lipinski definition) is 6. The number of aliphatic hydroxyl groups is 1. The first-order chi connectivity index (χ1) is 15.2. The highest BCUT2D eigenvalue weighted by atomic mass is 16.4. The third-order valence-electron chi connectivity index (χ3n) is 5.26. The van der Waals surface area contributed by atoms with E-state index >= 15 is 0 Å². The Labute approximate surface area is 190 Å². The van der Waals surface area contributed by atoms with Gasteiger partial charge in [-0.05, 0) is 45.1 Å². The summed E-state index contributed by atoms with van der Waals surface area (Å²) in [5.74, 6) is -0.694. The summed E-state index contributed by atoms with van der Waals surface area (Å²) in [6.45, 7) is 6.60. The molecule has 31 heavy (non-hydrogen) atoms. The number of hydrogen-bond acceptors (Lipinski definition) is 6. The van der Waals surface area contributed by atoms with Crippen LogP contribution in [0, 0.1) is 0 Å². The Bertz CT molecular complexity index is 408. The maximum absolute atomic E-state index is 10.4. The van der Waals surface area contributed by atoms with Crippen molar-refractivity contribution in [2.75, 3.05) is 45.8 Å². The van der Waals surface area contributed by atoms with Crippen molar-refractivity contribution >= 4 is 5.97 Å². The van der Waals surface area contributed by atoms with Gasteiger partial charge in [0.15, 0.2) is 0 Å². The minimum Gasteiger partial charge on any atom is -0.481 e. The van der Waals surface area contributed by atoms with Gasteiger partial charge in [-0.15, -0.1) is 0 Å². The molecular weight excluding hydrogens is 392 g/mol. The van der Waals surface area contributed by atoms with E-state index in [1.165, 1.54) is 19.3 Å². The van der Waals surface area contributed by atoms with Crippen LogP contribution in [-0.2, 0) is 4.79 Å². The maximum atomic E-state index is 10.4. The van der Waals surface area contributed by atoms with Gasteiger partial charge in [0.25, 0.3) is 0 Å². The molecule has 0 saturated heterocycles. The number of unbranched alkanes of at least 4 members (excludes halogenated alkanes) is 8. The van der Waals surface area contributed by atoms with Gasteiger partial charge < -0.3 is 31.9 Å². The Hall–Kier alpha value is -0.990. The van der Waals surface area contributed by atoms with E-state index in [4.69, 9.17) is 10.8 Å². The van der Waals surface area contributed by atoms with Crippen LogP contribution in [0.5, 0.6) is 0 Å². The lowest BCUT2D eigenvalue weighted by Gasteiger charge is -2.09. The predicted molar refractivity (Wildman–Crippen MR) is 130 cm³/mol. The molecule has 0 bridgehead atoms. The van der Waals surface area contributed by atoms with Gasteiger partial charge in [0.1, 0.15) is 0 Å². The van der Waals surface area contributed by atoms with Gasteiger partial charge >= 0.3 is 5.97 Å². The second-order valence-corrected chi connectivity index (χ2v) is 8.30. The highest BCUT2D eigenvalue weighted by Crippen LogP contribution is 2.10. The molecule has 0 spiro atoms. The van der Waals surface area contributed by atoms with Gasteiger partial charge in [0.05, 0.1) is 6.10 Å². The monoisotopic (exact) mass is 442 g/mol. The lowest BCUT2D eigenvalue weighted by Crippen LogP contribution is -2.34. The molecule has 0 fully saturated rings. The van der Waals surface area contributed by atoms with Crippen LogP contribution in [0.2, 0.25) is 0 Å². The zero-order valence-corrected chi connectivity index (χ0v) is 19.8. The average Bonchev–Trinajstić information content (AvgIpc) is 2.75. The van der Waals surface area contributed by atoms with Gasteiger partial charge in [-0.3, -0.25) is 4.79 Å². The van der Waals surface area contributed by atoms with Crippen molar-refractivity contribution in [2.24, 2.45) is 5.73 Å². The van der Waals surface area contributed by atoms with E-state index in [9.17, 15) is 9.90 Å². The van der Waals surface area contributed by atoms with Gasteiger partial charge in [0.2, 0.25) is 0 Å². The second-order valence-electron chi connectivity index (χ2n) is 8.30. The number of carbonyl (C=O) groups is 1. The molecule has 7 heteroatoms. The molecular formula is C24H50N4O3. The molecule has 184 valence electrons. The van der Waals surface area contributed by atoms with Crippen LogP contribution in [0.3, 0.4) is 0 Å². The Balaban J connectivity index is 3.23. The summed E-state index contributed by atoms with van der Waals surface area (Å²) in [6, 6.07) is 0. The van der Waals surface area contributed by atoms with Gasteiger partial charge in [-0.1, -0.05) is 50.7 Å². The number of carboxylic acid groups (broad SMARTS) is 1. The molecule has 0 saturated carbocycles. The summed E-state index contributed by atoms with van der Waals surface area (Å²) in [5, 5.41) is 28.8. The topological polar surface area (TPSA) is 120 Å². The number of aliphatic hydroxyl groups excluding tert-OH is 1. The molecule has 0 aromatic rings. The van der Waals surface area contributed by atoms with Crippen molar-refractivity contribution in [3.63, 3.8) is 0 Å². The first-order valence-corrected chi connectivity index (χ1v) is 12.5. The number of aliphatic carboxylic acids is 1. The molecule has 0 aliphatic heterocycles. The van der Waals surface area contributed by atoms with E-state index in [2.05, 4.69) is 28.1 Å². The fourth-order valence-electron chi connectivity index (χ4n) is 3.37. The Kier molecular flexibility index (Phi) is 24.5. The van der Waals surface area contributed by atoms with Crippen LogP contribution in [0.4, 0.5) is 0 Å². The van der Waals surface area contributed by atoms with Crippen LogP contribution in [0.1, 0.15) is 83.5 Å². The average molecular weight is 443 g/mol. The first-order valence-electron chi connectivity index (χ1n) is 12.5. The number of carboxylic acids is 1. The van der Waals surface area contributed by atoms with Crippen molar-refractivity contribution in [3.8, 4) is 0 Å². The molecule has 0 radical (unpaired) electrons. The number of rotatable bonds is 25. The van der Waals surface area contributed by atoms with Crippen molar-refractivity contribution in [2.45, 2.75) is 89.6 Å². The highest BCUT2D eigenvalue weighted by molar-refractivity contribution is 5.66. The van der Waals surface area contributed by atoms with Gasteiger partial charge in [-0.25, -0.2) is 0 Å². The quantitative estimate of drug-likeness (QED) is 0.0950. The minimum atomic E-state index is -0.694. The first kappa shape index (κ1) is 30.0. The lowest BCUT2D eigenvalue weighted by atomic mass is 10.1. The number of nitrogens with one attached hydrogen (secondary N) is 3. The van der Waals surface area contributed by atoms with Crippen LogP contribution >= 0.6 is 0 Å². The van der Waals surface area contributed by atoms with Crippen molar-refractivity contribution in [1.82, 2.24) is 16.0 Å². The third-order valence-corrected chi connectivity index (χ3v) is 5.26. The summed E-state index contributed by atoms with van der Waals surface area (Å²) in [5.41, 5.74) is 5.42. The van der Waals surface area contributed by atoms with E-state index in [0.717, 1.165) is 97.1 Å². The van der Waals surface area contributed by atoms with Crippen LogP contribution in [0.25, 0.3) is 0 Å². The van der Waals surface area contributed by atoms with Crippen LogP contribution in [0.15, 0.2) is 12.2 Å². The summed E-state index contributed by atoms with van der Waals surface area (Å²) in [4.78, 5) is 10.4. The SMILES string of the molecule is NCCNCCNCCNCCCCCC[C@@H](O)C/C=C\CCCCCCCC(=O)O. The molecule has 0 aliphatic rings. The van der Waals surface area contributed by atoms with Crippen molar-refractivity contribution in [1.29, 1.82) is 0 Å². The number of nitrogens with two attached hydrogens (primary N) is 1. The molecule has 7 N–H and O–H groups in total. The Morgan fingerprint density at radius 3 is 2.03 bits per heavy atom. The highest BCUT2D eigenvalue weighted by Gasteiger charge is 2.01. The second kappa shape index (κ2) is 25.3. The minimum absolute atomic E-state index is 0.212. The van der Waals surface area contributed by atoms with E-state index in [0.29, 0.717) is 13.0 Å². The summed E-state index contributed by atoms with van der Waals surface area (Å²) >= 11 is 0. The molecule has 0 unspecified atom stereocenters. The van der Waals surface area contributed by atoms with E-state index in [1.807, 2.05) is 0 Å². The molecule has 0 aliphatic carbocycles. The van der Waals surface area contributed by atoms with E-state index in [1.54, 1.807) is 0 Å². The molecule has 0 aromatic carbocycles. The Morgan fingerprint density at radius 1 is 0.742 bits per heavy atom. The van der Waals surface area contributed by atoms with Gasteiger partial charge in [-0.2, -0.15) is 0 Å². The molecule has 0 aromatic heterocycles. The van der Waals surface area contributed by atoms with E-state index in [-0.39, 0.29) is 6.10 Å². The Morgan fingerprint density at radius 2 is 1.32 bits per heavy atom. The van der Waals surface area contributed by atoms with Crippen molar-refractivity contribution < 1.29 is 15.0 Å². The van der Waals surface area contributed by atoms with Crippen LogP contribution in [-0.4, -0.2) is 68.1 Å².